The summed E-state index contributed by atoms with van der Waals surface area (Å²) in [6.07, 6.45) is 0.0410. The number of carboxylic acids is 1. The molecule has 0 aromatic heterocycles. The number of hydrogen-bond acceptors (Lipinski definition) is 6. The Balaban J connectivity index is 1.64. The summed E-state index contributed by atoms with van der Waals surface area (Å²) in [4.78, 5) is 32.6. The first-order chi connectivity index (χ1) is 15.7. The molecule has 0 spiro atoms. The standard InChI is InChI=1S/C21H21Cl2N7O3/c22-13-2-1-3-14(23)17(13)19(31)27-15(20(32)33)10-11-4-6-12(7-5-11)18-28-16(29-30-18)8-9-26-21(24)25/h1-7,15,18H,8-10H2,(H,27,31)(H,32,33)(H4,24,25,26)/t15-,18?/m0/s1. The number of rotatable bonds is 9. The first-order valence-corrected chi connectivity index (χ1v) is 10.6. The van der Waals surface area contributed by atoms with Gasteiger partial charge in [-0.25, -0.2) is 9.79 Å². The number of hydrogen-bond donors (Lipinski definition) is 4. The van der Waals surface area contributed by atoms with E-state index >= 15 is 0 Å². The lowest BCUT2D eigenvalue weighted by Crippen LogP contribution is -2.42. The Morgan fingerprint density at radius 3 is 2.39 bits per heavy atom. The van der Waals surface area contributed by atoms with Gasteiger partial charge in [0.15, 0.2) is 12.1 Å². The molecule has 1 amide bonds. The minimum Gasteiger partial charge on any atom is -0.480 e. The number of amidine groups is 1. The number of aliphatic imine (C=N–C) groups is 2. The van der Waals surface area contributed by atoms with Crippen molar-refractivity contribution in [1.82, 2.24) is 5.32 Å². The molecule has 0 aliphatic carbocycles. The quantitative estimate of drug-likeness (QED) is 0.313. The number of carbonyl (C=O) groups is 2. The number of halogens is 2. The van der Waals surface area contributed by atoms with Crippen LogP contribution in [-0.2, 0) is 11.2 Å². The molecule has 2 aromatic carbocycles. The van der Waals surface area contributed by atoms with Crippen LogP contribution in [0.1, 0.15) is 34.1 Å². The third kappa shape index (κ3) is 6.50. The summed E-state index contributed by atoms with van der Waals surface area (Å²) >= 11 is 12.1. The summed E-state index contributed by atoms with van der Waals surface area (Å²) in [5, 5.41) is 20.5. The Kier molecular flexibility index (Phi) is 7.96. The number of azo groups is 1. The number of amides is 1. The maximum Gasteiger partial charge on any atom is 0.326 e. The lowest BCUT2D eigenvalue weighted by molar-refractivity contribution is -0.139. The van der Waals surface area contributed by atoms with Crippen LogP contribution in [0.15, 0.2) is 62.7 Å². The van der Waals surface area contributed by atoms with Crippen molar-refractivity contribution in [3.63, 3.8) is 0 Å². The van der Waals surface area contributed by atoms with Gasteiger partial charge in [0.25, 0.3) is 5.91 Å². The Hall–Kier alpha value is -3.50. The minimum absolute atomic E-state index is 0.00323. The van der Waals surface area contributed by atoms with Crippen molar-refractivity contribution in [2.45, 2.75) is 25.0 Å². The first kappa shape index (κ1) is 24.1. The van der Waals surface area contributed by atoms with Crippen molar-refractivity contribution in [3.8, 4) is 0 Å². The molecular weight excluding hydrogens is 469 g/mol. The van der Waals surface area contributed by atoms with Crippen molar-refractivity contribution >= 4 is 46.9 Å². The molecule has 2 aromatic rings. The van der Waals surface area contributed by atoms with Crippen molar-refractivity contribution in [2.24, 2.45) is 31.7 Å². The van der Waals surface area contributed by atoms with Crippen molar-refractivity contribution < 1.29 is 14.7 Å². The number of nitrogens with one attached hydrogen (secondary N) is 1. The van der Waals surface area contributed by atoms with Crippen LogP contribution in [0.25, 0.3) is 0 Å². The highest BCUT2D eigenvalue weighted by atomic mass is 35.5. The molecule has 1 aliphatic heterocycles. The zero-order chi connectivity index (χ0) is 24.0. The fourth-order valence-electron chi connectivity index (χ4n) is 3.06. The Labute approximate surface area is 199 Å². The molecule has 2 atom stereocenters. The summed E-state index contributed by atoms with van der Waals surface area (Å²) in [5.41, 5.74) is 12.1. The SMILES string of the molecule is NC(N)=NCCC1=NC(c2ccc(C[C@H](NC(=O)c3c(Cl)cccc3Cl)C(=O)O)cc2)N=N1. The molecule has 0 saturated carbocycles. The Morgan fingerprint density at radius 1 is 1.12 bits per heavy atom. The minimum atomic E-state index is -1.18. The maximum absolute atomic E-state index is 12.6. The van der Waals surface area contributed by atoms with Crippen LogP contribution in [-0.4, -0.2) is 41.4 Å². The second kappa shape index (κ2) is 10.9. The third-order valence-corrected chi connectivity index (χ3v) is 5.32. The summed E-state index contributed by atoms with van der Waals surface area (Å²) in [6, 6.07) is 10.5. The maximum atomic E-state index is 12.6. The van der Waals surface area contributed by atoms with E-state index in [2.05, 4.69) is 25.5 Å². The first-order valence-electron chi connectivity index (χ1n) is 9.84. The molecule has 1 heterocycles. The highest BCUT2D eigenvalue weighted by Gasteiger charge is 2.24. The normalized spacial score (nSPS) is 15.6. The molecule has 0 fully saturated rings. The molecule has 0 bridgehead atoms. The second-order valence-electron chi connectivity index (χ2n) is 7.10. The Bertz CT molecular complexity index is 1110. The van der Waals surface area contributed by atoms with Gasteiger partial charge in [0.1, 0.15) is 11.9 Å². The number of guanidine groups is 1. The molecule has 0 saturated heterocycles. The number of aliphatic carboxylic acids is 1. The lowest BCUT2D eigenvalue weighted by atomic mass is 10.0. The molecule has 1 unspecified atom stereocenters. The van der Waals surface area contributed by atoms with E-state index in [1.807, 2.05) is 0 Å². The van der Waals surface area contributed by atoms with Crippen LogP contribution in [0.3, 0.4) is 0 Å². The van der Waals surface area contributed by atoms with Gasteiger partial charge in [0, 0.05) is 24.9 Å². The molecule has 12 heteroatoms. The zero-order valence-electron chi connectivity index (χ0n) is 17.3. The highest BCUT2D eigenvalue weighted by molar-refractivity contribution is 6.39. The van der Waals surface area contributed by atoms with E-state index in [9.17, 15) is 14.7 Å². The second-order valence-corrected chi connectivity index (χ2v) is 7.91. The van der Waals surface area contributed by atoms with Gasteiger partial charge in [0.2, 0.25) is 0 Å². The largest absolute Gasteiger partial charge is 0.480 e. The van der Waals surface area contributed by atoms with Gasteiger partial charge in [0.05, 0.1) is 15.6 Å². The molecule has 33 heavy (non-hydrogen) atoms. The van der Waals surface area contributed by atoms with Crippen molar-refractivity contribution in [2.75, 3.05) is 6.54 Å². The van der Waals surface area contributed by atoms with Gasteiger partial charge in [-0.05, 0) is 17.7 Å². The van der Waals surface area contributed by atoms with Gasteiger partial charge in [-0.15, -0.1) is 5.11 Å². The van der Waals surface area contributed by atoms with Crippen molar-refractivity contribution in [3.05, 3.63) is 69.2 Å². The number of carboxylic acid groups (broad SMARTS) is 1. The number of nitrogens with zero attached hydrogens (tertiary/aromatic N) is 4. The van der Waals surface area contributed by atoms with Crippen LogP contribution in [0, 0.1) is 0 Å². The fourth-order valence-corrected chi connectivity index (χ4v) is 3.63. The molecule has 3 rings (SSSR count). The van der Waals surface area contributed by atoms with Crippen LogP contribution in [0.4, 0.5) is 0 Å². The van der Waals surface area contributed by atoms with E-state index in [0.29, 0.717) is 24.4 Å². The van der Waals surface area contributed by atoms with E-state index in [-0.39, 0.29) is 28.0 Å². The lowest BCUT2D eigenvalue weighted by Gasteiger charge is -2.16. The summed E-state index contributed by atoms with van der Waals surface area (Å²) in [7, 11) is 0. The predicted molar refractivity (Wildman–Crippen MR) is 126 cm³/mol. The fraction of sp³-hybridized carbons (Fsp3) is 0.238. The third-order valence-electron chi connectivity index (χ3n) is 4.69. The zero-order valence-corrected chi connectivity index (χ0v) is 18.8. The molecule has 6 N–H and O–H groups in total. The van der Waals surface area contributed by atoms with Gasteiger partial charge < -0.3 is 21.9 Å². The summed E-state index contributed by atoms with van der Waals surface area (Å²) < 4.78 is 0. The number of carbonyl (C=O) groups excluding carboxylic acids is 1. The molecule has 172 valence electrons. The summed E-state index contributed by atoms with van der Waals surface area (Å²) in [5.74, 6) is -1.30. The molecular formula is C21H21Cl2N7O3. The van der Waals surface area contributed by atoms with E-state index in [4.69, 9.17) is 34.7 Å². The van der Waals surface area contributed by atoms with Gasteiger partial charge in [-0.2, -0.15) is 5.11 Å². The average molecular weight is 490 g/mol. The summed E-state index contributed by atoms with van der Waals surface area (Å²) in [6.45, 7) is 0.369. The predicted octanol–water partition coefficient (Wildman–Crippen LogP) is 2.95. The topological polar surface area (TPSA) is 168 Å². The van der Waals surface area contributed by atoms with Gasteiger partial charge >= 0.3 is 5.97 Å². The van der Waals surface area contributed by atoms with E-state index < -0.39 is 24.1 Å². The van der Waals surface area contributed by atoms with Crippen LogP contribution in [0.2, 0.25) is 10.0 Å². The van der Waals surface area contributed by atoms with Crippen LogP contribution >= 0.6 is 23.2 Å². The van der Waals surface area contributed by atoms with Gasteiger partial charge in [-0.1, -0.05) is 53.5 Å². The van der Waals surface area contributed by atoms with Gasteiger partial charge in [-0.3, -0.25) is 9.79 Å². The monoisotopic (exact) mass is 489 g/mol. The van der Waals surface area contributed by atoms with E-state index in [0.717, 1.165) is 5.56 Å². The van der Waals surface area contributed by atoms with Crippen molar-refractivity contribution in [1.29, 1.82) is 0 Å². The highest BCUT2D eigenvalue weighted by Crippen LogP contribution is 2.26. The molecule has 1 aliphatic rings. The Morgan fingerprint density at radius 2 is 1.79 bits per heavy atom. The smallest absolute Gasteiger partial charge is 0.326 e. The van der Waals surface area contributed by atoms with Crippen LogP contribution < -0.4 is 16.8 Å². The average Bonchev–Trinajstić information content (AvgIpc) is 3.22. The van der Waals surface area contributed by atoms with Crippen LogP contribution in [0.5, 0.6) is 0 Å². The molecule has 10 nitrogen and oxygen atoms in total. The van der Waals surface area contributed by atoms with E-state index in [1.54, 1.807) is 30.3 Å². The molecule has 0 radical (unpaired) electrons. The van der Waals surface area contributed by atoms with E-state index in [1.165, 1.54) is 12.1 Å². The number of benzene rings is 2. The number of nitrogens with two attached hydrogens (primary N) is 2.